The molecule has 4 heteroatoms. The van der Waals surface area contributed by atoms with Gasteiger partial charge in [0.05, 0.1) is 11.6 Å². The summed E-state index contributed by atoms with van der Waals surface area (Å²) in [4.78, 5) is 12.2. The van der Waals surface area contributed by atoms with E-state index in [4.69, 9.17) is 14.1 Å². The first-order valence-corrected chi connectivity index (χ1v) is 5.31. The van der Waals surface area contributed by atoms with Crippen molar-refractivity contribution in [3.8, 4) is 17.6 Å². The number of benzene rings is 1. The van der Waals surface area contributed by atoms with Crippen LogP contribution < -0.4 is 5.43 Å². The van der Waals surface area contributed by atoms with E-state index < -0.39 is 0 Å². The molecule has 0 aliphatic rings. The summed E-state index contributed by atoms with van der Waals surface area (Å²) in [6.07, 6.45) is 1.46. The van der Waals surface area contributed by atoms with Gasteiger partial charge >= 0.3 is 0 Å². The van der Waals surface area contributed by atoms with Gasteiger partial charge in [0.1, 0.15) is 17.2 Å². The molecule has 3 aromatic rings. The normalized spacial score (nSPS) is 10.4. The maximum Gasteiger partial charge on any atom is 0.211 e. The minimum absolute atomic E-state index is 0.0383. The Kier molecular flexibility index (Phi) is 2.24. The van der Waals surface area contributed by atoms with Crippen molar-refractivity contribution in [3.63, 3.8) is 0 Å². The minimum Gasteiger partial charge on any atom is -0.461 e. The van der Waals surface area contributed by atoms with E-state index in [1.165, 1.54) is 6.26 Å². The average Bonchev–Trinajstić information content (AvgIpc) is 2.92. The highest BCUT2D eigenvalue weighted by atomic mass is 16.4. The fourth-order valence-electron chi connectivity index (χ4n) is 1.82. The molecule has 1 aromatic carbocycles. The smallest absolute Gasteiger partial charge is 0.211 e. The van der Waals surface area contributed by atoms with Gasteiger partial charge in [-0.3, -0.25) is 4.79 Å². The maximum atomic E-state index is 12.2. The molecule has 86 valence electrons. The third kappa shape index (κ3) is 1.42. The molecule has 0 saturated carbocycles. The van der Waals surface area contributed by atoms with Crippen LogP contribution in [0.2, 0.25) is 0 Å². The van der Waals surface area contributed by atoms with Crippen LogP contribution in [0.1, 0.15) is 5.56 Å². The first-order valence-electron chi connectivity index (χ1n) is 5.31. The van der Waals surface area contributed by atoms with Crippen molar-refractivity contribution >= 4 is 11.0 Å². The van der Waals surface area contributed by atoms with Gasteiger partial charge in [-0.1, -0.05) is 12.1 Å². The summed E-state index contributed by atoms with van der Waals surface area (Å²) in [5.74, 6) is 0.542. The second-order valence-electron chi connectivity index (χ2n) is 3.72. The molecule has 4 nitrogen and oxygen atoms in total. The molecule has 0 bridgehead atoms. The van der Waals surface area contributed by atoms with Crippen molar-refractivity contribution in [2.45, 2.75) is 0 Å². The van der Waals surface area contributed by atoms with Crippen molar-refractivity contribution < 1.29 is 8.83 Å². The number of fused-ring (bicyclic) bond motifs is 1. The quantitative estimate of drug-likeness (QED) is 0.652. The van der Waals surface area contributed by atoms with Gasteiger partial charge in [0.15, 0.2) is 11.5 Å². The zero-order chi connectivity index (χ0) is 12.5. The molecule has 3 rings (SSSR count). The summed E-state index contributed by atoms with van der Waals surface area (Å²) in [6.45, 7) is 0. The molecule has 0 atom stereocenters. The SMILES string of the molecule is N#Cc1c(-c2ccco2)oc2ccccc2c1=O. The van der Waals surface area contributed by atoms with Crippen LogP contribution in [0.5, 0.6) is 0 Å². The van der Waals surface area contributed by atoms with E-state index in [1.807, 2.05) is 6.07 Å². The number of hydrogen-bond donors (Lipinski definition) is 0. The minimum atomic E-state index is -0.342. The average molecular weight is 237 g/mol. The van der Waals surface area contributed by atoms with Crippen LogP contribution in [0, 0.1) is 11.3 Å². The van der Waals surface area contributed by atoms with Crippen molar-refractivity contribution in [2.75, 3.05) is 0 Å². The summed E-state index contributed by atoms with van der Waals surface area (Å²) in [6, 6.07) is 12.0. The van der Waals surface area contributed by atoms with E-state index in [0.29, 0.717) is 16.7 Å². The standard InChI is InChI=1S/C14H7NO3/c15-8-10-13(16)9-4-1-2-5-11(9)18-14(10)12-6-3-7-17-12/h1-7H. The Balaban J connectivity index is 2.47. The zero-order valence-corrected chi connectivity index (χ0v) is 9.21. The Labute approximate surface area is 102 Å². The zero-order valence-electron chi connectivity index (χ0n) is 9.21. The number of hydrogen-bond acceptors (Lipinski definition) is 4. The maximum absolute atomic E-state index is 12.2. The fourth-order valence-corrected chi connectivity index (χ4v) is 1.82. The lowest BCUT2D eigenvalue weighted by molar-refractivity contribution is 0.536. The Morgan fingerprint density at radius 2 is 1.94 bits per heavy atom. The Morgan fingerprint density at radius 3 is 2.67 bits per heavy atom. The summed E-state index contributed by atoms with van der Waals surface area (Å²) in [7, 11) is 0. The van der Waals surface area contributed by atoms with E-state index in [1.54, 1.807) is 36.4 Å². The largest absolute Gasteiger partial charge is 0.461 e. The van der Waals surface area contributed by atoms with E-state index in [0.717, 1.165) is 0 Å². The Morgan fingerprint density at radius 1 is 1.11 bits per heavy atom. The lowest BCUT2D eigenvalue weighted by Gasteiger charge is -2.02. The third-order valence-corrected chi connectivity index (χ3v) is 2.65. The first kappa shape index (κ1) is 10.4. The topological polar surface area (TPSA) is 67.1 Å². The second-order valence-corrected chi connectivity index (χ2v) is 3.72. The van der Waals surface area contributed by atoms with Gasteiger partial charge in [-0.25, -0.2) is 0 Å². The van der Waals surface area contributed by atoms with Gasteiger partial charge < -0.3 is 8.83 Å². The number of para-hydroxylation sites is 1. The molecule has 0 aliphatic heterocycles. The number of furan rings is 1. The van der Waals surface area contributed by atoms with Gasteiger partial charge in [0, 0.05) is 0 Å². The van der Waals surface area contributed by atoms with Crippen LogP contribution in [0.3, 0.4) is 0 Å². The number of nitriles is 1. The van der Waals surface area contributed by atoms with Crippen LogP contribution in [0.15, 0.2) is 56.3 Å². The number of rotatable bonds is 1. The summed E-state index contributed by atoms with van der Waals surface area (Å²) in [5, 5.41) is 9.50. The van der Waals surface area contributed by atoms with Crippen LogP contribution in [0.4, 0.5) is 0 Å². The molecular formula is C14H7NO3. The van der Waals surface area contributed by atoms with Gasteiger partial charge in [0.2, 0.25) is 5.43 Å². The molecule has 18 heavy (non-hydrogen) atoms. The number of nitrogens with zero attached hydrogens (tertiary/aromatic N) is 1. The van der Waals surface area contributed by atoms with Crippen molar-refractivity contribution in [2.24, 2.45) is 0 Å². The van der Waals surface area contributed by atoms with Gasteiger partial charge in [-0.05, 0) is 24.3 Å². The van der Waals surface area contributed by atoms with Crippen molar-refractivity contribution in [1.82, 2.24) is 0 Å². The van der Waals surface area contributed by atoms with Crippen molar-refractivity contribution in [1.29, 1.82) is 5.26 Å². The van der Waals surface area contributed by atoms with Gasteiger partial charge in [0.25, 0.3) is 0 Å². The third-order valence-electron chi connectivity index (χ3n) is 2.65. The molecule has 0 saturated heterocycles. The molecule has 0 radical (unpaired) electrons. The molecule has 0 spiro atoms. The lowest BCUT2D eigenvalue weighted by Crippen LogP contribution is -2.07. The van der Waals surface area contributed by atoms with Gasteiger partial charge in [-0.15, -0.1) is 0 Å². The molecule has 0 aliphatic carbocycles. The Bertz CT molecular complexity index is 807. The monoisotopic (exact) mass is 237 g/mol. The van der Waals surface area contributed by atoms with E-state index >= 15 is 0 Å². The van der Waals surface area contributed by atoms with E-state index in [2.05, 4.69) is 0 Å². The fraction of sp³-hybridized carbons (Fsp3) is 0. The van der Waals surface area contributed by atoms with Crippen LogP contribution in [-0.4, -0.2) is 0 Å². The highest BCUT2D eigenvalue weighted by Crippen LogP contribution is 2.25. The van der Waals surface area contributed by atoms with Crippen LogP contribution in [-0.2, 0) is 0 Å². The van der Waals surface area contributed by atoms with E-state index in [9.17, 15) is 4.79 Å². The molecule has 2 aromatic heterocycles. The Hall–Kier alpha value is -2.80. The lowest BCUT2D eigenvalue weighted by atomic mass is 10.1. The molecule has 0 fully saturated rings. The molecular weight excluding hydrogens is 230 g/mol. The first-order chi connectivity index (χ1) is 8.81. The molecule has 0 unspecified atom stereocenters. The van der Waals surface area contributed by atoms with E-state index in [-0.39, 0.29) is 16.8 Å². The van der Waals surface area contributed by atoms with Crippen molar-refractivity contribution in [3.05, 3.63) is 58.4 Å². The summed E-state index contributed by atoms with van der Waals surface area (Å²) >= 11 is 0. The predicted molar refractivity (Wildman–Crippen MR) is 64.9 cm³/mol. The highest BCUT2D eigenvalue weighted by Gasteiger charge is 2.17. The van der Waals surface area contributed by atoms with Crippen LogP contribution in [0.25, 0.3) is 22.5 Å². The van der Waals surface area contributed by atoms with Crippen LogP contribution >= 0.6 is 0 Å². The second kappa shape index (κ2) is 3.90. The highest BCUT2D eigenvalue weighted by molar-refractivity contribution is 5.80. The summed E-state index contributed by atoms with van der Waals surface area (Å²) < 4.78 is 10.8. The van der Waals surface area contributed by atoms with Gasteiger partial charge in [-0.2, -0.15) is 5.26 Å². The predicted octanol–water partition coefficient (Wildman–Crippen LogP) is 2.92. The molecule has 0 N–H and O–H groups in total. The molecule has 2 heterocycles. The summed E-state index contributed by atoms with van der Waals surface area (Å²) in [5.41, 5.74) is 0.0577. The molecule has 0 amide bonds.